The van der Waals surface area contributed by atoms with Gasteiger partial charge in [0.15, 0.2) is 0 Å². The number of amides is 1. The Morgan fingerprint density at radius 1 is 1.11 bits per heavy atom. The third-order valence-corrected chi connectivity index (χ3v) is 16.9. The first-order chi connectivity index (χ1) is 26.4. The van der Waals surface area contributed by atoms with Crippen LogP contribution in [0.25, 0.3) is 0 Å². The number of ether oxygens (including phenoxy) is 3. The third-order valence-electron chi connectivity index (χ3n) is 14.8. The number of nitrogens with zero attached hydrogens (tertiary/aromatic N) is 3. The number of rotatable bonds is 3. The highest BCUT2D eigenvalue weighted by molar-refractivity contribution is 7.90. The van der Waals surface area contributed by atoms with Gasteiger partial charge in [-0.15, -0.1) is 0 Å². The van der Waals surface area contributed by atoms with Gasteiger partial charge in [0.25, 0.3) is 5.91 Å². The molecule has 1 spiro atoms. The highest BCUT2D eigenvalue weighted by Gasteiger charge is 2.55. The van der Waals surface area contributed by atoms with Crippen LogP contribution < -0.4 is 14.4 Å². The minimum Gasteiger partial charge on any atom is -0.490 e. The van der Waals surface area contributed by atoms with Gasteiger partial charge in [0.1, 0.15) is 17.2 Å². The summed E-state index contributed by atoms with van der Waals surface area (Å²) in [5, 5.41) is -0.660. The lowest BCUT2D eigenvalue weighted by Gasteiger charge is -2.57. The molecular weight excluding hydrogens is 743 g/mol. The van der Waals surface area contributed by atoms with Crippen molar-refractivity contribution in [2.75, 3.05) is 77.6 Å². The number of nitrogens with one attached hydrogen (secondary N) is 1. The SMILES string of the molecule is CO[C@@]1(CN2CCN3CCOC[C@H]3C2)C2=C[C@@H](C2)[C@H](C)[C@@H](C)S(=O)(=O)NC(=O)c2ccc3c(c2)N(C[C@@H]2CC[C@H]21)C[C@@]1(CCCc2c1ccc(Cl)c2F)CO3. The maximum atomic E-state index is 15.6. The van der Waals surface area contributed by atoms with Crippen LogP contribution in [0.1, 0.15) is 67.4 Å². The van der Waals surface area contributed by atoms with Crippen LogP contribution in [0.4, 0.5) is 10.1 Å². The molecule has 3 aliphatic carbocycles. The van der Waals surface area contributed by atoms with Crippen LogP contribution in [0.2, 0.25) is 5.02 Å². The average Bonchev–Trinajstić information content (AvgIpc) is 3.29. The molecule has 8 atom stereocenters. The summed E-state index contributed by atoms with van der Waals surface area (Å²) in [5.74, 6) is -0.0353. The van der Waals surface area contributed by atoms with Crippen molar-refractivity contribution in [1.82, 2.24) is 14.5 Å². The van der Waals surface area contributed by atoms with Gasteiger partial charge in [-0.1, -0.05) is 30.7 Å². The van der Waals surface area contributed by atoms with Crippen molar-refractivity contribution < 1.29 is 31.8 Å². The second-order valence-corrected chi connectivity index (χ2v) is 20.0. The number of hydrogen-bond acceptors (Lipinski definition) is 9. The number of sulfonamides is 1. The van der Waals surface area contributed by atoms with Gasteiger partial charge in [-0.05, 0) is 110 Å². The summed E-state index contributed by atoms with van der Waals surface area (Å²) in [4.78, 5) is 21.2. The number of hydrogen-bond donors (Lipinski definition) is 1. The molecule has 298 valence electrons. The van der Waals surface area contributed by atoms with Gasteiger partial charge in [0.05, 0.1) is 35.8 Å². The Balaban J connectivity index is 1.13. The molecule has 2 aromatic carbocycles. The van der Waals surface area contributed by atoms with Crippen molar-refractivity contribution in [3.05, 3.63) is 69.5 Å². The van der Waals surface area contributed by atoms with Gasteiger partial charge in [-0.3, -0.25) is 14.6 Å². The van der Waals surface area contributed by atoms with Crippen molar-refractivity contribution in [2.24, 2.45) is 23.7 Å². The summed E-state index contributed by atoms with van der Waals surface area (Å²) in [5.41, 5.74) is 2.81. The van der Waals surface area contributed by atoms with Gasteiger partial charge in [-0.2, -0.15) is 0 Å². The number of fused-ring (bicyclic) bond motifs is 7. The van der Waals surface area contributed by atoms with Crippen LogP contribution in [0.15, 0.2) is 42.0 Å². The van der Waals surface area contributed by atoms with E-state index in [9.17, 15) is 13.2 Å². The van der Waals surface area contributed by atoms with Gasteiger partial charge in [0, 0.05) is 69.9 Å². The zero-order valence-corrected chi connectivity index (χ0v) is 33.8. The number of carbonyl (C=O) groups is 1. The first-order valence-electron chi connectivity index (χ1n) is 20.3. The summed E-state index contributed by atoms with van der Waals surface area (Å²) in [6.07, 6.45) is 7.32. The number of allylic oxidation sites excluding steroid dienone is 1. The smallest absolute Gasteiger partial charge is 0.264 e. The zero-order valence-electron chi connectivity index (χ0n) is 32.2. The molecule has 55 heavy (non-hydrogen) atoms. The number of anilines is 1. The molecule has 1 amide bonds. The van der Waals surface area contributed by atoms with Crippen molar-refractivity contribution >= 4 is 33.2 Å². The Labute approximate surface area is 329 Å². The predicted octanol–water partition coefficient (Wildman–Crippen LogP) is 5.42. The highest BCUT2D eigenvalue weighted by Crippen LogP contribution is 2.54. The lowest BCUT2D eigenvalue weighted by atomic mass is 9.58. The topological polar surface area (TPSA) is 101 Å². The van der Waals surface area contributed by atoms with Crippen LogP contribution in [0.5, 0.6) is 5.75 Å². The number of carbonyl (C=O) groups excluding carboxylic acids is 1. The normalized spacial score (nSPS) is 36.1. The van der Waals surface area contributed by atoms with E-state index in [0.717, 1.165) is 89.3 Å². The van der Waals surface area contributed by atoms with Crippen LogP contribution in [0.3, 0.4) is 0 Å². The Hall–Kier alpha value is -2.74. The molecule has 1 saturated carbocycles. The number of piperazine rings is 1. The molecule has 0 aromatic heterocycles. The van der Waals surface area contributed by atoms with Gasteiger partial charge in [-0.25, -0.2) is 17.5 Å². The molecular formula is C42H54ClFN4O6S. The molecule has 2 aromatic rings. The molecule has 13 heteroatoms. The fourth-order valence-corrected chi connectivity index (χ4v) is 12.6. The Morgan fingerprint density at radius 3 is 2.73 bits per heavy atom. The van der Waals surface area contributed by atoms with E-state index >= 15 is 4.39 Å². The third kappa shape index (κ3) is 6.41. The van der Waals surface area contributed by atoms with E-state index in [1.54, 1.807) is 31.2 Å². The lowest BCUT2D eigenvalue weighted by molar-refractivity contribution is -0.119. The van der Waals surface area contributed by atoms with E-state index in [1.165, 1.54) is 5.57 Å². The van der Waals surface area contributed by atoms with E-state index in [4.69, 9.17) is 25.8 Å². The number of benzene rings is 2. The molecule has 2 saturated heterocycles. The molecule has 10 nitrogen and oxygen atoms in total. The van der Waals surface area contributed by atoms with Gasteiger partial charge < -0.3 is 19.1 Å². The summed E-state index contributed by atoms with van der Waals surface area (Å²) < 4.78 is 65.0. The number of halogens is 2. The van der Waals surface area contributed by atoms with Crippen LogP contribution in [-0.4, -0.2) is 114 Å². The molecule has 1 N–H and O–H groups in total. The monoisotopic (exact) mass is 796 g/mol. The standard InChI is InChI=1S/C42H54ClFN4O6S/c1-26-27(2)55(50,51)45-40(49)28-7-11-38-37(19-28)48(23-41(25-54-38)12-4-5-33-35(41)9-10-36(43)39(33)44)20-29-6-8-34(29)42(52-3,31-17-30(26)18-31)24-46-13-14-47-15-16-53-22-32(47)21-46/h7,9-11,17,19,26-27,29-30,32,34H,4-6,8,12-16,18,20-25H2,1-3H3,(H,45,49)/t26-,27-,29+,30+,32-,34-,41+,42+/m1/s1. The molecule has 10 rings (SSSR count). The molecule has 5 heterocycles. The van der Waals surface area contributed by atoms with Gasteiger partial charge >= 0.3 is 0 Å². The maximum absolute atomic E-state index is 15.6. The largest absolute Gasteiger partial charge is 0.490 e. The average molecular weight is 797 g/mol. The van der Waals surface area contributed by atoms with Crippen molar-refractivity contribution in [3.8, 4) is 5.75 Å². The maximum Gasteiger partial charge on any atom is 0.264 e. The molecule has 5 aliphatic heterocycles. The van der Waals surface area contributed by atoms with Crippen LogP contribution >= 0.6 is 11.6 Å². The first kappa shape index (κ1) is 37.8. The van der Waals surface area contributed by atoms with E-state index in [-0.39, 0.29) is 40.1 Å². The molecule has 8 aliphatic rings. The fraction of sp³-hybridized carbons (Fsp3) is 0.643. The second kappa shape index (κ2) is 14.3. The molecule has 0 radical (unpaired) electrons. The van der Waals surface area contributed by atoms with Crippen molar-refractivity contribution in [1.29, 1.82) is 0 Å². The molecule has 3 fully saturated rings. The number of methoxy groups -OCH3 is 1. The molecule has 0 unspecified atom stereocenters. The van der Waals surface area contributed by atoms with Crippen LogP contribution in [0, 0.1) is 29.5 Å². The predicted molar refractivity (Wildman–Crippen MR) is 210 cm³/mol. The Kier molecular flexibility index (Phi) is 9.81. The van der Waals surface area contributed by atoms with E-state index in [0.29, 0.717) is 43.5 Å². The minimum atomic E-state index is -4.00. The van der Waals surface area contributed by atoms with Gasteiger partial charge in [0.2, 0.25) is 10.0 Å². The number of morpholine rings is 1. The quantitative estimate of drug-likeness (QED) is 0.409. The Bertz CT molecular complexity index is 2000. The van der Waals surface area contributed by atoms with E-state index in [2.05, 4.69) is 25.5 Å². The van der Waals surface area contributed by atoms with Crippen LogP contribution in [-0.2, 0) is 31.3 Å². The Morgan fingerprint density at radius 2 is 1.95 bits per heavy atom. The highest BCUT2D eigenvalue weighted by atomic mass is 35.5. The van der Waals surface area contributed by atoms with E-state index in [1.807, 2.05) is 20.1 Å². The summed E-state index contributed by atoms with van der Waals surface area (Å²) >= 11 is 6.32. The first-order valence-corrected chi connectivity index (χ1v) is 22.2. The zero-order chi connectivity index (χ0) is 38.3. The summed E-state index contributed by atoms with van der Waals surface area (Å²) in [6, 6.07) is 9.21. The fourth-order valence-electron chi connectivity index (χ4n) is 11.1. The minimum absolute atomic E-state index is 0.0509. The lowest BCUT2D eigenvalue weighted by Crippen LogP contribution is -2.64. The van der Waals surface area contributed by atoms with Crippen molar-refractivity contribution in [2.45, 2.75) is 74.7 Å². The van der Waals surface area contributed by atoms with E-state index < -0.39 is 32.2 Å². The molecule has 4 bridgehead atoms. The summed E-state index contributed by atoms with van der Waals surface area (Å²) in [6.45, 7) is 11.4. The second-order valence-electron chi connectivity index (χ2n) is 17.5. The van der Waals surface area contributed by atoms with Crippen molar-refractivity contribution in [3.63, 3.8) is 0 Å². The summed E-state index contributed by atoms with van der Waals surface area (Å²) in [7, 11) is -2.14.